The summed E-state index contributed by atoms with van der Waals surface area (Å²) in [5.41, 5.74) is -0.438. The van der Waals surface area contributed by atoms with Gasteiger partial charge in [0.15, 0.2) is 5.11 Å². The quantitative estimate of drug-likeness (QED) is 0.374. The number of benzene rings is 2. The lowest BCUT2D eigenvalue weighted by Crippen LogP contribution is -2.21. The lowest BCUT2D eigenvalue weighted by molar-refractivity contribution is -0.136. The highest BCUT2D eigenvalue weighted by Crippen LogP contribution is 2.37. The van der Waals surface area contributed by atoms with Gasteiger partial charge in [-0.15, -0.1) is 11.3 Å². The number of hydrogen-bond acceptors (Lipinski definition) is 4. The van der Waals surface area contributed by atoms with Gasteiger partial charge < -0.3 is 15.4 Å². The predicted molar refractivity (Wildman–Crippen MR) is 109 cm³/mol. The van der Waals surface area contributed by atoms with Crippen LogP contribution in [0.1, 0.15) is 15.2 Å². The van der Waals surface area contributed by atoms with Gasteiger partial charge in [0.05, 0.1) is 23.4 Å². The lowest BCUT2D eigenvalue weighted by atomic mass is 10.1. The van der Waals surface area contributed by atoms with Crippen LogP contribution in [-0.4, -0.2) is 18.2 Å². The highest BCUT2D eigenvalue weighted by molar-refractivity contribution is 7.80. The topological polar surface area (TPSA) is 50.4 Å². The smallest absolute Gasteiger partial charge is 0.418 e. The molecular formula is C18H12ClF3N2O2S2. The molecule has 3 rings (SSSR count). The highest BCUT2D eigenvalue weighted by atomic mass is 35.5. The van der Waals surface area contributed by atoms with E-state index in [2.05, 4.69) is 10.6 Å². The molecular weight excluding hydrogens is 433 g/mol. The molecule has 0 fully saturated rings. The third-order valence-electron chi connectivity index (χ3n) is 3.74. The highest BCUT2D eigenvalue weighted by Gasteiger charge is 2.33. The second kappa shape index (κ2) is 7.94. The Morgan fingerprint density at radius 1 is 1.18 bits per heavy atom. The molecule has 2 aromatic carbocycles. The van der Waals surface area contributed by atoms with E-state index in [-0.39, 0.29) is 15.7 Å². The van der Waals surface area contributed by atoms with Gasteiger partial charge in [-0.3, -0.25) is 0 Å². The number of carbonyl (C=O) groups is 1. The number of rotatable bonds is 3. The van der Waals surface area contributed by atoms with E-state index < -0.39 is 17.7 Å². The second-order valence-electron chi connectivity index (χ2n) is 5.57. The van der Waals surface area contributed by atoms with Gasteiger partial charge in [0.1, 0.15) is 4.88 Å². The van der Waals surface area contributed by atoms with Crippen molar-refractivity contribution < 1.29 is 22.7 Å². The van der Waals surface area contributed by atoms with Crippen molar-refractivity contribution in [3.8, 4) is 0 Å². The Hall–Kier alpha value is -2.36. The largest absolute Gasteiger partial charge is 0.465 e. The fourth-order valence-electron chi connectivity index (χ4n) is 2.49. The number of thiocarbonyl (C=S) groups is 1. The molecule has 1 aromatic heterocycles. The summed E-state index contributed by atoms with van der Waals surface area (Å²) < 4.78 is 44.6. The van der Waals surface area contributed by atoms with Crippen LogP contribution in [0.15, 0.2) is 42.5 Å². The number of fused-ring (bicyclic) bond motifs is 1. The summed E-state index contributed by atoms with van der Waals surface area (Å²) >= 11 is 12.5. The van der Waals surface area contributed by atoms with Crippen LogP contribution in [0, 0.1) is 0 Å². The van der Waals surface area contributed by atoms with E-state index in [0.717, 1.165) is 17.4 Å². The van der Waals surface area contributed by atoms with Gasteiger partial charge >= 0.3 is 12.1 Å². The monoisotopic (exact) mass is 444 g/mol. The molecule has 0 spiro atoms. The maximum Gasteiger partial charge on any atom is 0.418 e. The number of nitrogens with one attached hydrogen (secondary N) is 2. The van der Waals surface area contributed by atoms with E-state index in [4.69, 9.17) is 28.6 Å². The van der Waals surface area contributed by atoms with Crippen LogP contribution in [-0.2, 0) is 10.9 Å². The van der Waals surface area contributed by atoms with Crippen LogP contribution in [0.4, 0.5) is 24.5 Å². The first-order valence-electron chi connectivity index (χ1n) is 7.75. The van der Waals surface area contributed by atoms with Gasteiger partial charge in [-0.25, -0.2) is 4.79 Å². The fraction of sp³-hybridized carbons (Fsp3) is 0.111. The van der Waals surface area contributed by atoms with E-state index in [1.54, 1.807) is 18.2 Å². The van der Waals surface area contributed by atoms with Crippen molar-refractivity contribution in [1.82, 2.24) is 0 Å². The first-order chi connectivity index (χ1) is 13.2. The number of methoxy groups -OCH3 is 1. The van der Waals surface area contributed by atoms with Gasteiger partial charge in [-0.1, -0.05) is 23.7 Å². The average Bonchev–Trinajstić information content (AvgIpc) is 2.96. The van der Waals surface area contributed by atoms with Crippen molar-refractivity contribution in [2.24, 2.45) is 0 Å². The summed E-state index contributed by atoms with van der Waals surface area (Å²) in [6.07, 6.45) is -4.50. The molecule has 2 N–H and O–H groups in total. The van der Waals surface area contributed by atoms with Crippen molar-refractivity contribution in [1.29, 1.82) is 0 Å². The number of anilines is 2. The van der Waals surface area contributed by atoms with Crippen LogP contribution in [0.25, 0.3) is 10.1 Å². The number of carbonyl (C=O) groups excluding carboxylic acids is 1. The van der Waals surface area contributed by atoms with Crippen LogP contribution in [0.3, 0.4) is 0 Å². The van der Waals surface area contributed by atoms with E-state index in [0.29, 0.717) is 20.8 Å². The van der Waals surface area contributed by atoms with E-state index in [9.17, 15) is 18.0 Å². The molecule has 10 heteroatoms. The second-order valence-corrected chi connectivity index (χ2v) is 7.41. The molecule has 1 heterocycles. The van der Waals surface area contributed by atoms with E-state index in [1.165, 1.54) is 25.3 Å². The molecule has 0 aliphatic heterocycles. The molecule has 0 radical (unpaired) electrons. The van der Waals surface area contributed by atoms with Crippen LogP contribution < -0.4 is 10.6 Å². The summed E-state index contributed by atoms with van der Waals surface area (Å²) in [6.45, 7) is 0. The molecule has 28 heavy (non-hydrogen) atoms. The fourth-order valence-corrected chi connectivity index (χ4v) is 4.18. The molecule has 146 valence electrons. The Kier molecular flexibility index (Phi) is 5.78. The molecule has 0 saturated heterocycles. The third-order valence-corrected chi connectivity index (χ3v) is 5.58. The van der Waals surface area contributed by atoms with Crippen molar-refractivity contribution in [2.45, 2.75) is 6.18 Å². The molecule has 0 aliphatic rings. The third kappa shape index (κ3) is 4.21. The Labute approximate surface area is 172 Å². The lowest BCUT2D eigenvalue weighted by Gasteiger charge is -2.15. The molecule has 0 aliphatic carbocycles. The number of ether oxygens (including phenoxy) is 1. The zero-order chi connectivity index (χ0) is 20.5. The molecule has 4 nitrogen and oxygen atoms in total. The van der Waals surface area contributed by atoms with Crippen LogP contribution in [0.2, 0.25) is 5.02 Å². The Morgan fingerprint density at radius 3 is 2.57 bits per heavy atom. The van der Waals surface area contributed by atoms with E-state index in [1.807, 2.05) is 0 Å². The maximum absolute atomic E-state index is 13.1. The van der Waals surface area contributed by atoms with Gasteiger partial charge in [0, 0.05) is 15.8 Å². The SMILES string of the molecule is COC(=O)c1sc2cc(NC(=S)Nc3ccccc3C(F)(F)F)ccc2c1Cl. The number of esters is 1. The maximum atomic E-state index is 13.1. The van der Waals surface area contributed by atoms with Crippen LogP contribution in [0.5, 0.6) is 0 Å². The van der Waals surface area contributed by atoms with Crippen LogP contribution >= 0.6 is 35.2 Å². The number of para-hydroxylation sites is 1. The number of alkyl halides is 3. The van der Waals surface area contributed by atoms with Crippen molar-refractivity contribution >= 4 is 67.7 Å². The minimum atomic E-state index is -4.50. The van der Waals surface area contributed by atoms with Crippen molar-refractivity contribution in [3.63, 3.8) is 0 Å². The summed E-state index contributed by atoms with van der Waals surface area (Å²) in [5.74, 6) is -0.540. The zero-order valence-electron chi connectivity index (χ0n) is 14.2. The molecule has 3 aromatic rings. The van der Waals surface area contributed by atoms with Crippen molar-refractivity contribution in [3.05, 3.63) is 57.9 Å². The Balaban J connectivity index is 1.82. The molecule has 0 atom stereocenters. The average molecular weight is 445 g/mol. The summed E-state index contributed by atoms with van der Waals surface area (Å²) in [4.78, 5) is 12.0. The first kappa shape index (κ1) is 20.4. The van der Waals surface area contributed by atoms with Gasteiger partial charge in [0.2, 0.25) is 0 Å². The van der Waals surface area contributed by atoms with Gasteiger partial charge in [0.25, 0.3) is 0 Å². The van der Waals surface area contributed by atoms with Crippen molar-refractivity contribution in [2.75, 3.05) is 17.7 Å². The zero-order valence-corrected chi connectivity index (χ0v) is 16.6. The normalized spacial score (nSPS) is 11.3. The standard InChI is InChI=1S/C18H12ClF3N2O2S2/c1-26-16(25)15-14(19)10-7-6-9(8-13(10)28-15)23-17(27)24-12-5-3-2-4-11(12)18(20,21)22/h2-8H,1H3,(H2,23,24,27). The molecule has 0 unspecified atom stereocenters. The summed E-state index contributed by atoms with van der Waals surface area (Å²) in [7, 11) is 1.26. The molecule has 0 saturated carbocycles. The van der Waals surface area contributed by atoms with Gasteiger partial charge in [-0.2, -0.15) is 13.2 Å². The minimum Gasteiger partial charge on any atom is -0.465 e. The number of thiophene rings is 1. The Morgan fingerprint density at radius 2 is 1.89 bits per heavy atom. The predicted octanol–water partition coefficient (Wildman–Crippen LogP) is 6.17. The summed E-state index contributed by atoms with van der Waals surface area (Å²) in [5, 5.41) is 6.34. The number of halogens is 4. The molecule has 0 bridgehead atoms. The minimum absolute atomic E-state index is 0.00751. The van der Waals surface area contributed by atoms with Gasteiger partial charge in [-0.05, 0) is 42.5 Å². The summed E-state index contributed by atoms with van der Waals surface area (Å²) in [6, 6.07) is 10.1. The first-order valence-corrected chi connectivity index (χ1v) is 9.35. The molecule has 0 amide bonds. The Bertz CT molecular complexity index is 1070. The van der Waals surface area contributed by atoms with E-state index >= 15 is 0 Å². The number of hydrogen-bond donors (Lipinski definition) is 2.